The Bertz CT molecular complexity index is 285. The fourth-order valence-electron chi connectivity index (χ4n) is 1.18. The zero-order chi connectivity index (χ0) is 10.8. The van der Waals surface area contributed by atoms with Crippen LogP contribution < -0.4 is 0 Å². The van der Waals surface area contributed by atoms with E-state index in [9.17, 15) is 0 Å². The molecule has 0 atom stereocenters. The molecule has 80 valence electrons. The fraction of sp³-hybridized carbons (Fsp3) is 0.700. The van der Waals surface area contributed by atoms with Crippen molar-refractivity contribution in [3.8, 4) is 0 Å². The maximum atomic E-state index is 5.11. The van der Waals surface area contributed by atoms with Gasteiger partial charge in [-0.1, -0.05) is 0 Å². The summed E-state index contributed by atoms with van der Waals surface area (Å²) in [6.45, 7) is 6.29. The topological polar surface area (TPSA) is 36.3 Å². The van der Waals surface area contributed by atoms with Crippen LogP contribution in [0.2, 0.25) is 0 Å². The van der Waals surface area contributed by atoms with E-state index in [4.69, 9.17) is 9.47 Å². The van der Waals surface area contributed by atoms with E-state index < -0.39 is 0 Å². The normalized spacial score (nSPS) is 12.4. The summed E-state index contributed by atoms with van der Waals surface area (Å²) >= 11 is 0. The van der Waals surface area contributed by atoms with Crippen molar-refractivity contribution in [1.82, 2.24) is 9.78 Å². The number of hydrogen-bond acceptors (Lipinski definition) is 3. The second-order valence-corrected chi connectivity index (χ2v) is 4.16. The minimum Gasteiger partial charge on any atom is -0.350 e. The van der Waals surface area contributed by atoms with Gasteiger partial charge in [-0.2, -0.15) is 5.10 Å². The Hall–Kier alpha value is -0.870. The van der Waals surface area contributed by atoms with E-state index >= 15 is 0 Å². The highest BCUT2D eigenvalue weighted by atomic mass is 16.7. The Balaban J connectivity index is 2.87. The third kappa shape index (κ3) is 2.33. The zero-order valence-corrected chi connectivity index (χ0v) is 9.44. The van der Waals surface area contributed by atoms with Crippen molar-refractivity contribution >= 4 is 0 Å². The SMILES string of the molecule is COC(OC)c1ccn(C(C)(C)C)n1. The standard InChI is InChI=1S/C10H18N2O2/c1-10(2,3)12-7-6-8(11-12)9(13-4)14-5/h6-7,9H,1-5H3. The van der Waals surface area contributed by atoms with Crippen LogP contribution in [0.5, 0.6) is 0 Å². The summed E-state index contributed by atoms with van der Waals surface area (Å²) in [7, 11) is 3.20. The van der Waals surface area contributed by atoms with Crippen LogP contribution >= 0.6 is 0 Å². The molecular weight excluding hydrogens is 180 g/mol. The highest BCUT2D eigenvalue weighted by Crippen LogP contribution is 2.18. The predicted octanol–water partition coefficient (Wildman–Crippen LogP) is 1.93. The zero-order valence-electron chi connectivity index (χ0n) is 9.44. The molecule has 1 rings (SSSR count). The Kier molecular flexibility index (Phi) is 3.29. The Morgan fingerprint density at radius 3 is 2.21 bits per heavy atom. The average Bonchev–Trinajstić information content (AvgIpc) is 2.54. The molecule has 4 heteroatoms. The number of nitrogens with zero attached hydrogens (tertiary/aromatic N) is 2. The molecule has 0 bridgehead atoms. The quantitative estimate of drug-likeness (QED) is 0.696. The largest absolute Gasteiger partial charge is 0.350 e. The summed E-state index contributed by atoms with van der Waals surface area (Å²) in [5.74, 6) is 0. The van der Waals surface area contributed by atoms with Crippen molar-refractivity contribution in [2.75, 3.05) is 14.2 Å². The van der Waals surface area contributed by atoms with Gasteiger partial charge in [-0.15, -0.1) is 0 Å². The molecule has 4 nitrogen and oxygen atoms in total. The van der Waals surface area contributed by atoms with Gasteiger partial charge in [0.2, 0.25) is 6.29 Å². The number of rotatable bonds is 3. The first-order valence-corrected chi connectivity index (χ1v) is 4.60. The first-order chi connectivity index (χ1) is 6.49. The Morgan fingerprint density at radius 1 is 1.29 bits per heavy atom. The molecule has 14 heavy (non-hydrogen) atoms. The minimum atomic E-state index is -0.376. The van der Waals surface area contributed by atoms with Gasteiger partial charge in [-0.25, -0.2) is 0 Å². The minimum absolute atomic E-state index is 0.00964. The molecule has 1 aromatic heterocycles. The maximum Gasteiger partial charge on any atom is 0.202 e. The molecule has 0 saturated carbocycles. The molecule has 0 saturated heterocycles. The van der Waals surface area contributed by atoms with Crippen LogP contribution in [0.1, 0.15) is 32.8 Å². The first-order valence-electron chi connectivity index (χ1n) is 4.60. The Labute approximate surface area is 84.8 Å². The molecule has 0 aliphatic heterocycles. The number of methoxy groups -OCH3 is 2. The maximum absolute atomic E-state index is 5.11. The van der Waals surface area contributed by atoms with E-state index in [1.165, 1.54) is 0 Å². The fourth-order valence-corrected chi connectivity index (χ4v) is 1.18. The van der Waals surface area contributed by atoms with Crippen molar-refractivity contribution < 1.29 is 9.47 Å². The molecule has 0 spiro atoms. The molecule has 0 aromatic carbocycles. The number of aromatic nitrogens is 2. The summed E-state index contributed by atoms with van der Waals surface area (Å²) in [6, 6.07) is 1.91. The van der Waals surface area contributed by atoms with Crippen molar-refractivity contribution in [1.29, 1.82) is 0 Å². The summed E-state index contributed by atoms with van der Waals surface area (Å²) in [5, 5.41) is 4.39. The average molecular weight is 198 g/mol. The lowest BCUT2D eigenvalue weighted by atomic mass is 10.1. The van der Waals surface area contributed by atoms with Gasteiger partial charge < -0.3 is 9.47 Å². The van der Waals surface area contributed by atoms with Gasteiger partial charge in [-0.3, -0.25) is 4.68 Å². The summed E-state index contributed by atoms with van der Waals surface area (Å²) in [6.07, 6.45) is 1.55. The molecular formula is C10H18N2O2. The second-order valence-electron chi connectivity index (χ2n) is 4.16. The van der Waals surface area contributed by atoms with Gasteiger partial charge >= 0.3 is 0 Å². The van der Waals surface area contributed by atoms with Crippen LogP contribution in [0.4, 0.5) is 0 Å². The molecule has 0 aliphatic carbocycles. The predicted molar refractivity (Wildman–Crippen MR) is 54.0 cm³/mol. The summed E-state index contributed by atoms with van der Waals surface area (Å²) in [5.41, 5.74) is 0.787. The van der Waals surface area contributed by atoms with E-state index in [2.05, 4.69) is 25.9 Å². The van der Waals surface area contributed by atoms with Crippen molar-refractivity contribution in [3.05, 3.63) is 18.0 Å². The smallest absolute Gasteiger partial charge is 0.202 e. The van der Waals surface area contributed by atoms with Crippen LogP contribution in [0.25, 0.3) is 0 Å². The van der Waals surface area contributed by atoms with Crippen LogP contribution in [-0.2, 0) is 15.0 Å². The van der Waals surface area contributed by atoms with E-state index in [-0.39, 0.29) is 11.8 Å². The van der Waals surface area contributed by atoms with Gasteiger partial charge in [-0.05, 0) is 26.8 Å². The lowest BCUT2D eigenvalue weighted by Gasteiger charge is -2.19. The number of hydrogen-bond donors (Lipinski definition) is 0. The summed E-state index contributed by atoms with van der Waals surface area (Å²) < 4.78 is 12.1. The molecule has 1 aromatic rings. The van der Waals surface area contributed by atoms with Crippen molar-refractivity contribution in [2.45, 2.75) is 32.6 Å². The third-order valence-corrected chi connectivity index (χ3v) is 1.97. The lowest BCUT2D eigenvalue weighted by Crippen LogP contribution is -2.22. The highest BCUT2D eigenvalue weighted by molar-refractivity contribution is 5.02. The molecule has 0 N–H and O–H groups in total. The third-order valence-electron chi connectivity index (χ3n) is 1.97. The van der Waals surface area contributed by atoms with Gasteiger partial charge in [0.05, 0.1) is 5.54 Å². The number of ether oxygens (including phenoxy) is 2. The summed E-state index contributed by atoms with van der Waals surface area (Å²) in [4.78, 5) is 0. The molecule has 0 aliphatic rings. The molecule has 0 radical (unpaired) electrons. The van der Waals surface area contributed by atoms with Gasteiger partial charge in [0.25, 0.3) is 0 Å². The van der Waals surface area contributed by atoms with Gasteiger partial charge in [0.15, 0.2) is 0 Å². The highest BCUT2D eigenvalue weighted by Gasteiger charge is 2.17. The lowest BCUT2D eigenvalue weighted by molar-refractivity contribution is -0.109. The molecule has 0 unspecified atom stereocenters. The second kappa shape index (κ2) is 4.11. The van der Waals surface area contributed by atoms with E-state index in [1.807, 2.05) is 16.9 Å². The molecule has 0 fully saturated rings. The molecule has 0 amide bonds. The van der Waals surface area contributed by atoms with Crippen LogP contribution in [0.15, 0.2) is 12.3 Å². The van der Waals surface area contributed by atoms with Gasteiger partial charge in [0, 0.05) is 20.4 Å². The van der Waals surface area contributed by atoms with Crippen molar-refractivity contribution in [3.63, 3.8) is 0 Å². The van der Waals surface area contributed by atoms with Crippen LogP contribution in [0.3, 0.4) is 0 Å². The monoisotopic (exact) mass is 198 g/mol. The van der Waals surface area contributed by atoms with Crippen molar-refractivity contribution in [2.24, 2.45) is 0 Å². The van der Waals surface area contributed by atoms with E-state index in [1.54, 1.807) is 14.2 Å². The van der Waals surface area contributed by atoms with E-state index in [0.717, 1.165) is 5.69 Å². The Morgan fingerprint density at radius 2 is 1.86 bits per heavy atom. The van der Waals surface area contributed by atoms with Crippen LogP contribution in [-0.4, -0.2) is 24.0 Å². The van der Waals surface area contributed by atoms with E-state index in [0.29, 0.717) is 0 Å². The van der Waals surface area contributed by atoms with Gasteiger partial charge in [0.1, 0.15) is 5.69 Å². The first kappa shape index (κ1) is 11.2. The van der Waals surface area contributed by atoms with Crippen LogP contribution in [0, 0.1) is 0 Å². The molecule has 1 heterocycles.